The van der Waals surface area contributed by atoms with Crippen LogP contribution in [0.3, 0.4) is 0 Å². The first-order chi connectivity index (χ1) is 8.74. The van der Waals surface area contributed by atoms with Gasteiger partial charge in [-0.25, -0.2) is 13.1 Å². The van der Waals surface area contributed by atoms with E-state index in [-0.39, 0.29) is 16.7 Å². The third-order valence-corrected chi connectivity index (χ3v) is 4.57. The molecule has 0 amide bonds. The zero-order valence-electron chi connectivity index (χ0n) is 12.0. The Morgan fingerprint density at radius 2 is 1.63 bits per heavy atom. The van der Waals surface area contributed by atoms with Crippen LogP contribution in [0, 0.1) is 11.3 Å². The minimum absolute atomic E-state index is 0.0337. The van der Waals surface area contributed by atoms with Gasteiger partial charge in [-0.1, -0.05) is 27.7 Å². The first-order valence-corrected chi connectivity index (χ1v) is 7.74. The molecule has 1 aromatic carbocycles. The number of hydrogen-bond donors (Lipinski definition) is 1. The molecule has 0 bridgehead atoms. The molecular weight excluding hydrogens is 260 g/mol. The summed E-state index contributed by atoms with van der Waals surface area (Å²) in [7, 11) is -2.12. The molecule has 1 N–H and O–H groups in total. The van der Waals surface area contributed by atoms with Gasteiger partial charge >= 0.3 is 0 Å². The van der Waals surface area contributed by atoms with Gasteiger partial charge < -0.3 is 0 Å². The lowest BCUT2D eigenvalue weighted by atomic mass is 9.92. The lowest BCUT2D eigenvalue weighted by Gasteiger charge is -2.17. The number of rotatable bonds is 4. The Morgan fingerprint density at radius 1 is 1.11 bits per heavy atom. The van der Waals surface area contributed by atoms with E-state index in [1.165, 1.54) is 7.05 Å². The van der Waals surface area contributed by atoms with Gasteiger partial charge in [-0.05, 0) is 42.1 Å². The molecule has 0 aromatic heterocycles. The number of nitriles is 1. The number of nitrogens with zero attached hydrogens (tertiary/aromatic N) is 1. The molecule has 4 nitrogen and oxygen atoms in total. The van der Waals surface area contributed by atoms with E-state index in [0.29, 0.717) is 11.1 Å². The van der Waals surface area contributed by atoms with Gasteiger partial charge in [0.2, 0.25) is 10.0 Å². The van der Waals surface area contributed by atoms with Crippen LogP contribution in [0.2, 0.25) is 0 Å². The Balaban J connectivity index is 3.71. The minimum atomic E-state index is -3.51. The molecule has 0 saturated carbocycles. The first kappa shape index (κ1) is 15.7. The van der Waals surface area contributed by atoms with Gasteiger partial charge in [-0.15, -0.1) is 0 Å². The fourth-order valence-electron chi connectivity index (χ4n) is 1.98. The molecule has 0 spiro atoms. The second-order valence-corrected chi connectivity index (χ2v) is 6.96. The molecular formula is C14H20N2O2S. The van der Waals surface area contributed by atoms with Crippen LogP contribution in [-0.4, -0.2) is 15.5 Å². The highest BCUT2D eigenvalue weighted by Gasteiger charge is 2.22. The summed E-state index contributed by atoms with van der Waals surface area (Å²) in [6, 6.07) is 5.48. The Kier molecular flexibility index (Phi) is 4.72. The van der Waals surface area contributed by atoms with E-state index in [4.69, 9.17) is 0 Å². The van der Waals surface area contributed by atoms with E-state index in [9.17, 15) is 13.7 Å². The van der Waals surface area contributed by atoms with E-state index < -0.39 is 10.0 Å². The largest absolute Gasteiger partial charge is 0.240 e. The van der Waals surface area contributed by atoms with Gasteiger partial charge in [-0.2, -0.15) is 5.26 Å². The van der Waals surface area contributed by atoms with Crippen molar-refractivity contribution in [1.29, 1.82) is 5.26 Å². The maximum absolute atomic E-state index is 12.1. The van der Waals surface area contributed by atoms with Gasteiger partial charge in [-0.3, -0.25) is 0 Å². The van der Waals surface area contributed by atoms with Crippen LogP contribution in [0.1, 0.15) is 56.2 Å². The quantitative estimate of drug-likeness (QED) is 0.921. The Bertz CT molecular complexity index is 611. The number of sulfonamides is 1. The molecule has 0 fully saturated rings. The summed E-state index contributed by atoms with van der Waals surface area (Å²) < 4.78 is 26.6. The summed E-state index contributed by atoms with van der Waals surface area (Å²) >= 11 is 0. The number of benzene rings is 1. The van der Waals surface area contributed by atoms with Crippen molar-refractivity contribution >= 4 is 10.0 Å². The van der Waals surface area contributed by atoms with Gasteiger partial charge in [0.15, 0.2) is 0 Å². The molecule has 104 valence electrons. The molecule has 0 heterocycles. The van der Waals surface area contributed by atoms with Crippen LogP contribution in [0.25, 0.3) is 0 Å². The number of nitrogens with one attached hydrogen (secondary N) is 1. The Hall–Kier alpha value is -1.38. The van der Waals surface area contributed by atoms with E-state index in [1.807, 2.05) is 27.7 Å². The minimum Gasteiger partial charge on any atom is -0.214 e. The monoisotopic (exact) mass is 280 g/mol. The van der Waals surface area contributed by atoms with Gasteiger partial charge in [0, 0.05) is 0 Å². The third kappa shape index (κ3) is 3.14. The van der Waals surface area contributed by atoms with E-state index in [2.05, 4.69) is 10.8 Å². The van der Waals surface area contributed by atoms with Crippen molar-refractivity contribution in [3.8, 4) is 6.07 Å². The van der Waals surface area contributed by atoms with Crippen molar-refractivity contribution < 1.29 is 8.42 Å². The summed E-state index contributed by atoms with van der Waals surface area (Å²) in [5.41, 5.74) is 1.99. The molecule has 0 atom stereocenters. The molecule has 0 unspecified atom stereocenters. The highest BCUT2D eigenvalue weighted by Crippen LogP contribution is 2.30. The van der Waals surface area contributed by atoms with Crippen molar-refractivity contribution in [2.45, 2.75) is 44.4 Å². The zero-order valence-corrected chi connectivity index (χ0v) is 12.8. The average Bonchev–Trinajstić information content (AvgIpc) is 2.36. The Labute approximate surface area is 115 Å². The molecule has 0 radical (unpaired) electrons. The van der Waals surface area contributed by atoms with Crippen molar-refractivity contribution in [1.82, 2.24) is 4.72 Å². The molecule has 1 aromatic rings. The van der Waals surface area contributed by atoms with Crippen LogP contribution < -0.4 is 4.72 Å². The topological polar surface area (TPSA) is 70.0 Å². The molecule has 0 aliphatic heterocycles. The molecule has 1 rings (SSSR count). The van der Waals surface area contributed by atoms with Crippen molar-refractivity contribution in [3.05, 3.63) is 28.8 Å². The third-order valence-electron chi connectivity index (χ3n) is 3.10. The van der Waals surface area contributed by atoms with Crippen LogP contribution in [-0.2, 0) is 10.0 Å². The molecule has 19 heavy (non-hydrogen) atoms. The van der Waals surface area contributed by atoms with Crippen LogP contribution in [0.5, 0.6) is 0 Å². The van der Waals surface area contributed by atoms with Crippen molar-refractivity contribution in [2.75, 3.05) is 7.05 Å². The predicted molar refractivity (Wildman–Crippen MR) is 75.6 cm³/mol. The van der Waals surface area contributed by atoms with Crippen molar-refractivity contribution in [2.24, 2.45) is 0 Å². The maximum atomic E-state index is 12.1. The summed E-state index contributed by atoms with van der Waals surface area (Å²) in [6.45, 7) is 7.72. The van der Waals surface area contributed by atoms with Gasteiger partial charge in [0.1, 0.15) is 0 Å². The standard InChI is InChI=1S/C14H20N2O2S/c1-9(2)12-7-14(19(17,18)16-5)13(10(3)4)6-11(12)8-15/h6-7,9-10,16H,1-5H3. The highest BCUT2D eigenvalue weighted by molar-refractivity contribution is 7.89. The normalized spacial score (nSPS) is 11.9. The SMILES string of the molecule is CNS(=O)(=O)c1cc(C(C)C)c(C#N)cc1C(C)C. The summed E-state index contributed by atoms with van der Waals surface area (Å²) in [5, 5.41) is 9.21. The molecule has 0 saturated heterocycles. The van der Waals surface area contributed by atoms with Crippen molar-refractivity contribution in [3.63, 3.8) is 0 Å². The average molecular weight is 280 g/mol. The molecule has 0 aliphatic carbocycles. The second kappa shape index (κ2) is 5.72. The summed E-state index contributed by atoms with van der Waals surface area (Å²) in [6.07, 6.45) is 0. The maximum Gasteiger partial charge on any atom is 0.240 e. The zero-order chi connectivity index (χ0) is 14.8. The van der Waals surface area contributed by atoms with Crippen LogP contribution in [0.15, 0.2) is 17.0 Å². The van der Waals surface area contributed by atoms with Gasteiger partial charge in [0.25, 0.3) is 0 Å². The molecule has 0 aliphatic rings. The van der Waals surface area contributed by atoms with Crippen LogP contribution in [0.4, 0.5) is 0 Å². The highest BCUT2D eigenvalue weighted by atomic mass is 32.2. The fourth-order valence-corrected chi connectivity index (χ4v) is 3.09. The summed E-state index contributed by atoms with van der Waals surface area (Å²) in [4.78, 5) is 0.271. The molecule has 5 heteroatoms. The van der Waals surface area contributed by atoms with E-state index in [1.54, 1.807) is 12.1 Å². The fraction of sp³-hybridized carbons (Fsp3) is 0.500. The lowest BCUT2D eigenvalue weighted by molar-refractivity contribution is 0.585. The second-order valence-electron chi connectivity index (χ2n) is 5.11. The summed E-state index contributed by atoms with van der Waals surface area (Å²) in [5.74, 6) is 0.133. The lowest BCUT2D eigenvalue weighted by Crippen LogP contribution is -2.21. The predicted octanol–water partition coefficient (Wildman–Crippen LogP) is 2.71. The first-order valence-electron chi connectivity index (χ1n) is 6.26. The smallest absolute Gasteiger partial charge is 0.214 e. The van der Waals surface area contributed by atoms with E-state index >= 15 is 0 Å². The van der Waals surface area contributed by atoms with Gasteiger partial charge in [0.05, 0.1) is 16.5 Å². The number of hydrogen-bond acceptors (Lipinski definition) is 3. The van der Waals surface area contributed by atoms with Crippen LogP contribution >= 0.6 is 0 Å². The van der Waals surface area contributed by atoms with E-state index in [0.717, 1.165) is 5.56 Å². The Morgan fingerprint density at radius 3 is 2.00 bits per heavy atom.